The number of aromatic hydroxyl groups is 1. The number of hydrogen-bond acceptors (Lipinski definition) is 4. The molecule has 5 heteroatoms. The molecule has 0 radical (unpaired) electrons. The van der Waals surface area contributed by atoms with Crippen LogP contribution in [0.15, 0.2) is 0 Å². The molecule has 0 spiro atoms. The zero-order valence-corrected chi connectivity index (χ0v) is 13.9. The predicted octanol–water partition coefficient (Wildman–Crippen LogP) is 3.89. The minimum atomic E-state index is -1.15. The Morgan fingerprint density at radius 3 is 2.05 bits per heavy atom. The van der Waals surface area contributed by atoms with Gasteiger partial charge in [0, 0.05) is 5.56 Å². The van der Waals surface area contributed by atoms with Gasteiger partial charge in [0.05, 0.1) is 6.61 Å². The van der Waals surface area contributed by atoms with Gasteiger partial charge in [-0.2, -0.15) is 4.89 Å². The van der Waals surface area contributed by atoms with Crippen LogP contribution in [0.3, 0.4) is 0 Å². The van der Waals surface area contributed by atoms with Gasteiger partial charge in [-0.25, -0.2) is 4.79 Å². The van der Waals surface area contributed by atoms with Crippen LogP contribution in [0.5, 0.6) is 11.5 Å². The first kappa shape index (κ1) is 18.3. The van der Waals surface area contributed by atoms with E-state index in [-0.39, 0.29) is 17.1 Å². The molecule has 0 atom stereocenters. The van der Waals surface area contributed by atoms with Crippen molar-refractivity contribution in [1.82, 2.24) is 0 Å². The first-order chi connectivity index (χ1) is 10.5. The van der Waals surface area contributed by atoms with Crippen molar-refractivity contribution in [3.05, 3.63) is 22.3 Å². The maximum absolute atomic E-state index is 11.5. The first-order valence-electron chi connectivity index (χ1n) is 7.95. The molecular formula is C17H26O5. The summed E-state index contributed by atoms with van der Waals surface area (Å²) in [6, 6.07) is 0. The summed E-state index contributed by atoms with van der Waals surface area (Å²) in [7, 11) is 0. The maximum atomic E-state index is 11.5. The minimum absolute atomic E-state index is 0.0781. The van der Waals surface area contributed by atoms with Crippen molar-refractivity contribution in [3.8, 4) is 11.5 Å². The van der Waals surface area contributed by atoms with Crippen LogP contribution in [0.1, 0.15) is 67.6 Å². The molecule has 0 saturated carbocycles. The van der Waals surface area contributed by atoms with Crippen LogP contribution >= 0.6 is 0 Å². The fourth-order valence-corrected chi connectivity index (χ4v) is 2.68. The summed E-state index contributed by atoms with van der Waals surface area (Å²) in [4.78, 5) is 22.0. The molecule has 0 aliphatic carbocycles. The number of benzene rings is 1. The molecule has 1 aromatic rings. The number of rotatable bonds is 9. The molecule has 2 N–H and O–H groups in total. The van der Waals surface area contributed by atoms with Gasteiger partial charge in [0.1, 0.15) is 5.56 Å². The third-order valence-corrected chi connectivity index (χ3v) is 3.75. The highest BCUT2D eigenvalue weighted by Crippen LogP contribution is 2.40. The van der Waals surface area contributed by atoms with E-state index in [0.29, 0.717) is 31.4 Å². The standard InChI is InChI=1S/C17H26O5/c1-5-9-10-21-22-16-13(8-4)11(6-2)12(7-3)14(15(16)18)17(19)20/h18H,5-10H2,1-4H3,(H,19,20). The summed E-state index contributed by atoms with van der Waals surface area (Å²) in [6.45, 7) is 8.24. The average molecular weight is 310 g/mol. The van der Waals surface area contributed by atoms with E-state index in [1.807, 2.05) is 27.7 Å². The van der Waals surface area contributed by atoms with Gasteiger partial charge in [0.2, 0.25) is 5.75 Å². The highest BCUT2D eigenvalue weighted by molar-refractivity contribution is 5.94. The number of carboxylic acids is 1. The van der Waals surface area contributed by atoms with Crippen LogP contribution in [-0.4, -0.2) is 22.8 Å². The zero-order chi connectivity index (χ0) is 16.7. The zero-order valence-electron chi connectivity index (χ0n) is 13.9. The highest BCUT2D eigenvalue weighted by Gasteiger charge is 2.26. The van der Waals surface area contributed by atoms with E-state index in [4.69, 9.17) is 9.78 Å². The van der Waals surface area contributed by atoms with E-state index in [2.05, 4.69) is 0 Å². The van der Waals surface area contributed by atoms with Crippen LogP contribution in [-0.2, 0) is 24.2 Å². The molecule has 0 bridgehead atoms. The molecule has 5 nitrogen and oxygen atoms in total. The number of carbonyl (C=O) groups is 1. The van der Waals surface area contributed by atoms with Gasteiger partial charge in [-0.3, -0.25) is 0 Å². The van der Waals surface area contributed by atoms with Crippen LogP contribution in [0.4, 0.5) is 0 Å². The Balaban J connectivity index is 3.40. The molecule has 0 aliphatic heterocycles. The number of unbranched alkanes of at least 4 members (excludes halogenated alkanes) is 1. The molecule has 1 rings (SSSR count). The molecule has 0 heterocycles. The van der Waals surface area contributed by atoms with E-state index >= 15 is 0 Å². The Morgan fingerprint density at radius 1 is 1.00 bits per heavy atom. The van der Waals surface area contributed by atoms with Crippen molar-refractivity contribution in [2.24, 2.45) is 0 Å². The lowest BCUT2D eigenvalue weighted by Crippen LogP contribution is -2.12. The fourth-order valence-electron chi connectivity index (χ4n) is 2.68. The van der Waals surface area contributed by atoms with Crippen molar-refractivity contribution in [2.45, 2.75) is 59.8 Å². The normalized spacial score (nSPS) is 10.7. The van der Waals surface area contributed by atoms with Crippen LogP contribution in [0.25, 0.3) is 0 Å². The number of phenols is 1. The summed E-state index contributed by atoms with van der Waals surface area (Å²) >= 11 is 0. The van der Waals surface area contributed by atoms with Gasteiger partial charge < -0.3 is 15.1 Å². The lowest BCUT2D eigenvalue weighted by atomic mass is 9.89. The molecule has 0 fully saturated rings. The van der Waals surface area contributed by atoms with Gasteiger partial charge in [0.15, 0.2) is 5.75 Å². The minimum Gasteiger partial charge on any atom is -0.504 e. The molecule has 0 aromatic heterocycles. The van der Waals surface area contributed by atoms with Crippen molar-refractivity contribution < 1.29 is 24.8 Å². The van der Waals surface area contributed by atoms with Gasteiger partial charge >= 0.3 is 5.97 Å². The fraction of sp³-hybridized carbons (Fsp3) is 0.588. The second-order valence-electron chi connectivity index (χ2n) is 5.11. The molecule has 124 valence electrons. The molecule has 0 aliphatic rings. The van der Waals surface area contributed by atoms with Gasteiger partial charge in [-0.1, -0.05) is 34.1 Å². The second-order valence-corrected chi connectivity index (χ2v) is 5.11. The quantitative estimate of drug-likeness (QED) is 0.411. The molecule has 0 amide bonds. The Labute approximate surface area is 131 Å². The van der Waals surface area contributed by atoms with Crippen molar-refractivity contribution in [1.29, 1.82) is 0 Å². The van der Waals surface area contributed by atoms with Gasteiger partial charge in [-0.15, -0.1) is 0 Å². The first-order valence-corrected chi connectivity index (χ1v) is 7.95. The summed E-state index contributed by atoms with van der Waals surface area (Å²) in [5, 5.41) is 19.8. The SMILES string of the molecule is CCCCOOc1c(O)c(C(=O)O)c(CC)c(CC)c1CC. The third-order valence-electron chi connectivity index (χ3n) is 3.75. The third kappa shape index (κ3) is 3.71. The predicted molar refractivity (Wildman–Crippen MR) is 84.7 cm³/mol. The van der Waals surface area contributed by atoms with Crippen LogP contribution in [0.2, 0.25) is 0 Å². The van der Waals surface area contributed by atoms with Crippen LogP contribution < -0.4 is 4.89 Å². The Bertz CT molecular complexity index is 523. The Kier molecular flexibility index (Phi) is 7.18. The monoisotopic (exact) mass is 310 g/mol. The van der Waals surface area contributed by atoms with E-state index in [0.717, 1.165) is 24.0 Å². The molecule has 1 aromatic carbocycles. The summed E-state index contributed by atoms with van der Waals surface area (Å²) < 4.78 is 0. The van der Waals surface area contributed by atoms with Gasteiger partial charge in [0.25, 0.3) is 0 Å². The maximum Gasteiger partial charge on any atom is 0.339 e. The summed E-state index contributed by atoms with van der Waals surface area (Å²) in [5.41, 5.74) is 2.34. The molecule has 0 saturated heterocycles. The van der Waals surface area contributed by atoms with E-state index < -0.39 is 5.97 Å². The Hall–Kier alpha value is -1.75. The number of hydrogen-bond donors (Lipinski definition) is 2. The number of aromatic carboxylic acids is 1. The summed E-state index contributed by atoms with van der Waals surface area (Å²) in [6.07, 6.45) is 3.66. The lowest BCUT2D eigenvalue weighted by molar-refractivity contribution is -0.208. The van der Waals surface area contributed by atoms with Crippen LogP contribution in [0, 0.1) is 0 Å². The Morgan fingerprint density at radius 2 is 1.59 bits per heavy atom. The molecular weight excluding hydrogens is 284 g/mol. The highest BCUT2D eigenvalue weighted by atomic mass is 17.2. The summed E-state index contributed by atoms with van der Waals surface area (Å²) in [5.74, 6) is -1.34. The van der Waals surface area contributed by atoms with E-state index in [9.17, 15) is 15.0 Å². The average Bonchev–Trinajstić information content (AvgIpc) is 2.50. The van der Waals surface area contributed by atoms with E-state index in [1.165, 1.54) is 0 Å². The van der Waals surface area contributed by atoms with Crippen molar-refractivity contribution >= 4 is 5.97 Å². The molecule has 0 unspecified atom stereocenters. The lowest BCUT2D eigenvalue weighted by Gasteiger charge is -2.20. The largest absolute Gasteiger partial charge is 0.504 e. The number of carboxylic acid groups (broad SMARTS) is 1. The smallest absolute Gasteiger partial charge is 0.339 e. The van der Waals surface area contributed by atoms with E-state index in [1.54, 1.807) is 0 Å². The van der Waals surface area contributed by atoms with Crippen molar-refractivity contribution in [3.63, 3.8) is 0 Å². The van der Waals surface area contributed by atoms with Gasteiger partial charge in [-0.05, 0) is 36.8 Å². The molecule has 22 heavy (non-hydrogen) atoms. The topological polar surface area (TPSA) is 76.0 Å². The second kappa shape index (κ2) is 8.63. The van der Waals surface area contributed by atoms with Crippen molar-refractivity contribution in [2.75, 3.05) is 6.61 Å².